The van der Waals surface area contributed by atoms with E-state index in [-0.39, 0.29) is 15.2 Å². The zero-order valence-corrected chi connectivity index (χ0v) is 18.7. The highest BCUT2D eigenvalue weighted by atomic mass is 32.2. The average molecular weight is 425 g/mol. The van der Waals surface area contributed by atoms with Crippen molar-refractivity contribution >= 4 is 20.0 Å². The molecule has 2 rings (SSSR count). The molecule has 0 fully saturated rings. The van der Waals surface area contributed by atoms with Gasteiger partial charge < -0.3 is 0 Å². The van der Waals surface area contributed by atoms with Gasteiger partial charge in [0.05, 0.1) is 9.79 Å². The SMILES string of the molecule is Cc1cc(C(C)(C)C)cc(C)c1S(=O)(=O)N[C@@H](C)c1cccc(S(N)(=O)=O)c1. The largest absolute Gasteiger partial charge is 0.241 e. The van der Waals surface area contributed by atoms with Crippen LogP contribution in [-0.4, -0.2) is 16.8 Å². The van der Waals surface area contributed by atoms with E-state index in [0.717, 1.165) is 5.56 Å². The highest BCUT2D eigenvalue weighted by Crippen LogP contribution is 2.30. The molecule has 6 nitrogen and oxygen atoms in total. The molecule has 0 amide bonds. The molecule has 2 aromatic rings. The Morgan fingerprint density at radius 2 is 1.50 bits per heavy atom. The minimum Gasteiger partial charge on any atom is -0.225 e. The molecule has 0 aliphatic carbocycles. The molecule has 28 heavy (non-hydrogen) atoms. The molecule has 0 unspecified atom stereocenters. The summed E-state index contributed by atoms with van der Waals surface area (Å²) in [5.41, 5.74) is 2.82. The van der Waals surface area contributed by atoms with Gasteiger partial charge in [-0.15, -0.1) is 0 Å². The van der Waals surface area contributed by atoms with Crippen molar-refractivity contribution in [1.82, 2.24) is 4.72 Å². The van der Waals surface area contributed by atoms with Gasteiger partial charge in [0.2, 0.25) is 20.0 Å². The van der Waals surface area contributed by atoms with Crippen molar-refractivity contribution in [2.45, 2.75) is 62.8 Å². The molecule has 0 radical (unpaired) electrons. The van der Waals surface area contributed by atoms with Crippen molar-refractivity contribution < 1.29 is 16.8 Å². The Morgan fingerprint density at radius 1 is 0.964 bits per heavy atom. The molecule has 0 heterocycles. The standard InChI is InChI=1S/C20H28N2O4S2/c1-13-10-17(20(4,5)6)11-14(2)19(13)28(25,26)22-15(3)16-8-7-9-18(12-16)27(21,23)24/h7-12,15,22H,1-6H3,(H2,21,23,24)/t15-/m0/s1. The second kappa shape index (κ2) is 7.59. The van der Waals surface area contributed by atoms with Gasteiger partial charge in [-0.25, -0.2) is 26.7 Å². The van der Waals surface area contributed by atoms with Gasteiger partial charge in [0.1, 0.15) is 0 Å². The molecule has 8 heteroatoms. The maximum Gasteiger partial charge on any atom is 0.241 e. The summed E-state index contributed by atoms with van der Waals surface area (Å²) in [6.45, 7) is 11.5. The third kappa shape index (κ3) is 5.00. The molecule has 2 aromatic carbocycles. The molecule has 3 N–H and O–H groups in total. The summed E-state index contributed by atoms with van der Waals surface area (Å²) in [4.78, 5) is 0.188. The van der Waals surface area contributed by atoms with E-state index in [1.807, 2.05) is 12.1 Å². The number of aryl methyl sites for hydroxylation is 2. The summed E-state index contributed by atoms with van der Waals surface area (Å²) in [6.07, 6.45) is 0. The Balaban J connectivity index is 2.42. The number of hydrogen-bond donors (Lipinski definition) is 2. The Labute approximate surface area is 168 Å². The topological polar surface area (TPSA) is 106 Å². The van der Waals surface area contributed by atoms with E-state index in [0.29, 0.717) is 16.7 Å². The van der Waals surface area contributed by atoms with Crippen molar-refractivity contribution in [2.75, 3.05) is 0 Å². The summed E-state index contributed by atoms with van der Waals surface area (Å²) >= 11 is 0. The summed E-state index contributed by atoms with van der Waals surface area (Å²) in [7, 11) is -7.67. The van der Waals surface area contributed by atoms with Crippen LogP contribution < -0.4 is 9.86 Å². The molecule has 0 aliphatic heterocycles. The monoisotopic (exact) mass is 424 g/mol. The molecule has 0 bridgehead atoms. The van der Waals surface area contributed by atoms with E-state index < -0.39 is 26.1 Å². The van der Waals surface area contributed by atoms with Gasteiger partial charge in [-0.05, 0) is 60.6 Å². The van der Waals surface area contributed by atoms with Gasteiger partial charge >= 0.3 is 0 Å². The van der Waals surface area contributed by atoms with Crippen molar-refractivity contribution in [2.24, 2.45) is 5.14 Å². The number of nitrogens with two attached hydrogens (primary N) is 1. The van der Waals surface area contributed by atoms with Gasteiger partial charge in [-0.2, -0.15) is 0 Å². The molecule has 0 aliphatic rings. The van der Waals surface area contributed by atoms with Gasteiger partial charge in [-0.1, -0.05) is 45.0 Å². The van der Waals surface area contributed by atoms with Crippen LogP contribution in [0.1, 0.15) is 56.0 Å². The average Bonchev–Trinajstić information content (AvgIpc) is 2.51. The number of hydrogen-bond acceptors (Lipinski definition) is 4. The molecular formula is C20H28N2O4S2. The van der Waals surface area contributed by atoms with Crippen LogP contribution in [0.25, 0.3) is 0 Å². The fourth-order valence-corrected chi connectivity index (χ4v) is 5.38. The van der Waals surface area contributed by atoms with E-state index in [9.17, 15) is 16.8 Å². The molecule has 154 valence electrons. The van der Waals surface area contributed by atoms with E-state index in [1.54, 1.807) is 26.8 Å². The smallest absolute Gasteiger partial charge is 0.225 e. The normalized spacial score (nSPS) is 14.1. The number of sulfonamides is 2. The van der Waals surface area contributed by atoms with Crippen LogP contribution in [-0.2, 0) is 25.5 Å². The van der Waals surface area contributed by atoms with E-state index in [1.165, 1.54) is 18.2 Å². The molecule has 0 spiro atoms. The van der Waals surface area contributed by atoms with Gasteiger partial charge in [0.15, 0.2) is 0 Å². The van der Waals surface area contributed by atoms with Crippen molar-refractivity contribution in [3.8, 4) is 0 Å². The lowest BCUT2D eigenvalue weighted by molar-refractivity contribution is 0.563. The van der Waals surface area contributed by atoms with E-state index in [4.69, 9.17) is 5.14 Å². The first-order valence-corrected chi connectivity index (χ1v) is 11.9. The van der Waals surface area contributed by atoms with Crippen LogP contribution in [0.5, 0.6) is 0 Å². The quantitative estimate of drug-likeness (QED) is 0.768. The summed E-state index contributed by atoms with van der Waals surface area (Å²) in [5.74, 6) is 0. The molecular weight excluding hydrogens is 396 g/mol. The summed E-state index contributed by atoms with van der Waals surface area (Å²) < 4.78 is 51.8. The number of rotatable bonds is 5. The first-order chi connectivity index (χ1) is 12.6. The maximum absolute atomic E-state index is 13.0. The zero-order chi connectivity index (χ0) is 21.5. The van der Waals surface area contributed by atoms with Gasteiger partial charge in [0.25, 0.3) is 0 Å². The lowest BCUT2D eigenvalue weighted by Crippen LogP contribution is -2.28. The molecule has 0 aromatic heterocycles. The Bertz CT molecular complexity index is 1080. The Hall–Kier alpha value is -1.74. The fraction of sp³-hybridized carbons (Fsp3) is 0.400. The van der Waals surface area contributed by atoms with Crippen molar-refractivity contribution in [3.63, 3.8) is 0 Å². The summed E-state index contributed by atoms with van der Waals surface area (Å²) in [6, 6.07) is 9.11. The molecule has 1 atom stereocenters. The number of benzene rings is 2. The van der Waals surface area contributed by atoms with Crippen LogP contribution >= 0.6 is 0 Å². The van der Waals surface area contributed by atoms with Crippen LogP contribution in [0.15, 0.2) is 46.2 Å². The lowest BCUT2D eigenvalue weighted by Gasteiger charge is -2.23. The number of primary sulfonamides is 1. The van der Waals surface area contributed by atoms with Gasteiger partial charge in [0, 0.05) is 6.04 Å². The van der Waals surface area contributed by atoms with Crippen LogP contribution in [0.2, 0.25) is 0 Å². The maximum atomic E-state index is 13.0. The zero-order valence-electron chi connectivity index (χ0n) is 17.1. The minimum atomic E-state index is -3.86. The first kappa shape index (κ1) is 22.5. The first-order valence-electron chi connectivity index (χ1n) is 8.90. The van der Waals surface area contributed by atoms with Gasteiger partial charge in [-0.3, -0.25) is 0 Å². The minimum absolute atomic E-state index is 0.0575. The third-order valence-corrected chi connectivity index (χ3v) is 7.37. The van der Waals surface area contributed by atoms with Crippen LogP contribution in [0.3, 0.4) is 0 Å². The fourth-order valence-electron chi connectivity index (χ4n) is 3.13. The second-order valence-electron chi connectivity index (χ2n) is 8.15. The lowest BCUT2D eigenvalue weighted by atomic mass is 9.85. The Morgan fingerprint density at radius 3 is 1.96 bits per heavy atom. The highest BCUT2D eigenvalue weighted by molar-refractivity contribution is 7.89. The molecule has 0 saturated heterocycles. The predicted octanol–water partition coefficient (Wildman–Crippen LogP) is 3.29. The number of nitrogens with one attached hydrogen (secondary N) is 1. The van der Waals surface area contributed by atoms with Crippen LogP contribution in [0, 0.1) is 13.8 Å². The third-order valence-electron chi connectivity index (χ3n) is 4.61. The van der Waals surface area contributed by atoms with E-state index >= 15 is 0 Å². The van der Waals surface area contributed by atoms with Crippen LogP contribution in [0.4, 0.5) is 0 Å². The highest BCUT2D eigenvalue weighted by Gasteiger charge is 2.25. The Kier molecular flexibility index (Phi) is 6.11. The van der Waals surface area contributed by atoms with Crippen molar-refractivity contribution in [3.05, 3.63) is 58.7 Å². The predicted molar refractivity (Wildman–Crippen MR) is 111 cm³/mol. The second-order valence-corrected chi connectivity index (χ2v) is 11.4. The van der Waals surface area contributed by atoms with E-state index in [2.05, 4.69) is 25.5 Å². The molecule has 0 saturated carbocycles. The van der Waals surface area contributed by atoms with Crippen molar-refractivity contribution in [1.29, 1.82) is 0 Å². The summed E-state index contributed by atoms with van der Waals surface area (Å²) in [5, 5.41) is 5.17.